The molecule has 0 bridgehead atoms. The topological polar surface area (TPSA) is 24.9 Å². The molecule has 1 aromatic rings. The number of nitrogens with zero attached hydrogens (tertiary/aromatic N) is 1. The summed E-state index contributed by atoms with van der Waals surface area (Å²) in [6.45, 7) is 3.16. The van der Waals surface area contributed by atoms with Gasteiger partial charge in [0, 0.05) is 25.0 Å². The normalized spacial score (nSPS) is 23.0. The van der Waals surface area contributed by atoms with Gasteiger partial charge in [-0.3, -0.25) is 4.98 Å². The quantitative estimate of drug-likeness (QED) is 0.887. The molecule has 0 unspecified atom stereocenters. The molecule has 2 nitrogen and oxygen atoms in total. The van der Waals surface area contributed by atoms with Gasteiger partial charge in [0.25, 0.3) is 0 Å². The lowest BCUT2D eigenvalue weighted by atomic mass is 9.71. The Morgan fingerprint density at radius 3 is 2.63 bits per heavy atom. The molecule has 0 aliphatic heterocycles. The molecule has 19 heavy (non-hydrogen) atoms. The van der Waals surface area contributed by atoms with Crippen LogP contribution in [0.5, 0.6) is 0 Å². The average molecular weight is 258 g/mol. The summed E-state index contributed by atoms with van der Waals surface area (Å²) in [5, 5.41) is 3.76. The van der Waals surface area contributed by atoms with Gasteiger partial charge in [0.2, 0.25) is 0 Å². The summed E-state index contributed by atoms with van der Waals surface area (Å²) in [6.07, 6.45) is 15.5. The highest BCUT2D eigenvalue weighted by atomic mass is 14.9. The zero-order chi connectivity index (χ0) is 13.1. The molecule has 0 saturated heterocycles. The fraction of sp³-hybridized carbons (Fsp3) is 0.706. The molecule has 2 saturated carbocycles. The maximum Gasteiger partial charge on any atom is 0.0300 e. The van der Waals surface area contributed by atoms with Crippen LogP contribution in [0, 0.1) is 12.3 Å². The molecule has 1 aromatic heterocycles. The second-order valence-electron chi connectivity index (χ2n) is 6.66. The number of hydrogen-bond donors (Lipinski definition) is 1. The minimum absolute atomic E-state index is 0.735. The van der Waals surface area contributed by atoms with Crippen LogP contribution in [-0.2, 0) is 6.54 Å². The lowest BCUT2D eigenvalue weighted by Gasteiger charge is -2.37. The molecule has 104 valence electrons. The van der Waals surface area contributed by atoms with E-state index in [0.29, 0.717) is 0 Å². The third-order valence-electron chi connectivity index (χ3n) is 5.43. The van der Waals surface area contributed by atoms with E-state index >= 15 is 0 Å². The number of pyridine rings is 1. The van der Waals surface area contributed by atoms with Crippen LogP contribution < -0.4 is 5.32 Å². The first-order valence-corrected chi connectivity index (χ1v) is 7.90. The van der Waals surface area contributed by atoms with Crippen LogP contribution in [0.15, 0.2) is 18.5 Å². The highest BCUT2D eigenvalue weighted by molar-refractivity contribution is 5.21. The molecule has 2 aliphatic carbocycles. The van der Waals surface area contributed by atoms with Crippen LogP contribution in [0.4, 0.5) is 0 Å². The fourth-order valence-electron chi connectivity index (χ4n) is 4.01. The van der Waals surface area contributed by atoms with E-state index in [4.69, 9.17) is 0 Å². The summed E-state index contributed by atoms with van der Waals surface area (Å²) in [6, 6.07) is 2.88. The van der Waals surface area contributed by atoms with Gasteiger partial charge in [-0.05, 0) is 68.1 Å². The summed E-state index contributed by atoms with van der Waals surface area (Å²) < 4.78 is 0. The maximum atomic E-state index is 4.16. The summed E-state index contributed by atoms with van der Waals surface area (Å²) in [5.41, 5.74) is 3.46. The van der Waals surface area contributed by atoms with Crippen LogP contribution in [0.3, 0.4) is 0 Å². The zero-order valence-corrected chi connectivity index (χ0v) is 12.1. The van der Waals surface area contributed by atoms with Crippen molar-refractivity contribution in [3.05, 3.63) is 29.6 Å². The molecular formula is C17H26N2. The molecule has 1 spiro atoms. The third-order valence-corrected chi connectivity index (χ3v) is 5.43. The molecule has 1 N–H and O–H groups in total. The van der Waals surface area contributed by atoms with E-state index in [9.17, 15) is 0 Å². The van der Waals surface area contributed by atoms with E-state index in [1.807, 2.05) is 12.4 Å². The van der Waals surface area contributed by atoms with E-state index in [0.717, 1.165) is 18.0 Å². The standard InChI is InChI=1S/C17H26N2/c1-14-12-18-11-6-15(14)13-19-16-4-9-17(10-5-16)7-2-3-8-17/h6,11-12,16,19H,2-5,7-10,13H2,1H3. The number of rotatable bonds is 3. The van der Waals surface area contributed by atoms with Crippen molar-refractivity contribution in [1.82, 2.24) is 10.3 Å². The lowest BCUT2D eigenvalue weighted by Crippen LogP contribution is -2.36. The molecule has 0 atom stereocenters. The lowest BCUT2D eigenvalue weighted by molar-refractivity contribution is 0.168. The maximum absolute atomic E-state index is 4.16. The van der Waals surface area contributed by atoms with Crippen LogP contribution >= 0.6 is 0 Å². The third kappa shape index (κ3) is 3.00. The van der Waals surface area contributed by atoms with E-state index < -0.39 is 0 Å². The first-order valence-electron chi connectivity index (χ1n) is 7.90. The SMILES string of the molecule is Cc1cnccc1CNC1CCC2(CCCC2)CC1. The van der Waals surface area contributed by atoms with Gasteiger partial charge in [-0.1, -0.05) is 12.8 Å². The van der Waals surface area contributed by atoms with Gasteiger partial charge < -0.3 is 5.32 Å². The smallest absolute Gasteiger partial charge is 0.0300 e. The summed E-state index contributed by atoms with van der Waals surface area (Å²) in [7, 11) is 0. The molecule has 0 amide bonds. The predicted octanol–water partition coefficient (Wildman–Crippen LogP) is 3.98. The van der Waals surface area contributed by atoms with Crippen LogP contribution in [-0.4, -0.2) is 11.0 Å². The van der Waals surface area contributed by atoms with Crippen molar-refractivity contribution >= 4 is 0 Å². The molecular weight excluding hydrogens is 232 g/mol. The second kappa shape index (κ2) is 5.62. The van der Waals surface area contributed by atoms with Crippen LogP contribution in [0.2, 0.25) is 0 Å². The van der Waals surface area contributed by atoms with Gasteiger partial charge in [0.15, 0.2) is 0 Å². The van der Waals surface area contributed by atoms with Crippen molar-refractivity contribution in [3.63, 3.8) is 0 Å². The predicted molar refractivity (Wildman–Crippen MR) is 79.0 cm³/mol. The highest BCUT2D eigenvalue weighted by Gasteiger charge is 2.37. The van der Waals surface area contributed by atoms with Crippen LogP contribution in [0.1, 0.15) is 62.5 Å². The fourth-order valence-corrected chi connectivity index (χ4v) is 4.01. The summed E-state index contributed by atoms with van der Waals surface area (Å²) >= 11 is 0. The molecule has 0 radical (unpaired) electrons. The second-order valence-corrected chi connectivity index (χ2v) is 6.66. The van der Waals surface area contributed by atoms with Crippen molar-refractivity contribution in [2.24, 2.45) is 5.41 Å². The molecule has 2 heteroatoms. The molecule has 0 aromatic carbocycles. The van der Waals surface area contributed by atoms with Crippen molar-refractivity contribution in [2.75, 3.05) is 0 Å². The van der Waals surface area contributed by atoms with E-state index in [-0.39, 0.29) is 0 Å². The van der Waals surface area contributed by atoms with E-state index in [1.54, 1.807) is 0 Å². The molecule has 2 aliphatic rings. The number of aryl methyl sites for hydroxylation is 1. The van der Waals surface area contributed by atoms with Gasteiger partial charge in [-0.15, -0.1) is 0 Å². The van der Waals surface area contributed by atoms with Gasteiger partial charge in [0.1, 0.15) is 0 Å². The first-order chi connectivity index (χ1) is 9.27. The van der Waals surface area contributed by atoms with E-state index in [1.165, 1.54) is 62.5 Å². The first kappa shape index (κ1) is 13.1. The van der Waals surface area contributed by atoms with Gasteiger partial charge >= 0.3 is 0 Å². The Balaban J connectivity index is 1.49. The Labute approximate surface area is 117 Å². The van der Waals surface area contributed by atoms with Gasteiger partial charge in [0.05, 0.1) is 0 Å². The van der Waals surface area contributed by atoms with Crippen molar-refractivity contribution in [2.45, 2.75) is 70.9 Å². The minimum atomic E-state index is 0.735. The number of nitrogens with one attached hydrogen (secondary N) is 1. The zero-order valence-electron chi connectivity index (χ0n) is 12.1. The van der Waals surface area contributed by atoms with Gasteiger partial charge in [-0.2, -0.15) is 0 Å². The van der Waals surface area contributed by atoms with Crippen LogP contribution in [0.25, 0.3) is 0 Å². The van der Waals surface area contributed by atoms with Crippen molar-refractivity contribution in [1.29, 1.82) is 0 Å². The van der Waals surface area contributed by atoms with Crippen molar-refractivity contribution < 1.29 is 0 Å². The molecule has 1 heterocycles. The average Bonchev–Trinajstić information content (AvgIpc) is 2.88. The summed E-state index contributed by atoms with van der Waals surface area (Å²) in [4.78, 5) is 4.16. The highest BCUT2D eigenvalue weighted by Crippen LogP contribution is 2.48. The van der Waals surface area contributed by atoms with Gasteiger partial charge in [-0.25, -0.2) is 0 Å². The Kier molecular flexibility index (Phi) is 3.88. The largest absolute Gasteiger partial charge is 0.310 e. The summed E-state index contributed by atoms with van der Waals surface area (Å²) in [5.74, 6) is 0. The Hall–Kier alpha value is -0.890. The molecule has 3 rings (SSSR count). The number of hydrogen-bond acceptors (Lipinski definition) is 2. The monoisotopic (exact) mass is 258 g/mol. The minimum Gasteiger partial charge on any atom is -0.310 e. The Bertz CT molecular complexity index is 411. The molecule has 2 fully saturated rings. The number of aromatic nitrogens is 1. The Morgan fingerprint density at radius 2 is 1.95 bits per heavy atom. The van der Waals surface area contributed by atoms with E-state index in [2.05, 4.69) is 23.3 Å². The van der Waals surface area contributed by atoms with Crippen molar-refractivity contribution in [3.8, 4) is 0 Å². The Morgan fingerprint density at radius 1 is 1.21 bits per heavy atom.